The van der Waals surface area contributed by atoms with E-state index in [1.165, 1.54) is 0 Å². The number of ether oxygens (including phenoxy) is 1. The average Bonchev–Trinajstić information content (AvgIpc) is 2.49. The molecule has 2 rings (SSSR count). The number of anilines is 2. The van der Waals surface area contributed by atoms with E-state index in [4.69, 9.17) is 9.84 Å². The van der Waals surface area contributed by atoms with Crippen molar-refractivity contribution < 1.29 is 14.6 Å². The van der Waals surface area contributed by atoms with Crippen molar-refractivity contribution in [3.63, 3.8) is 0 Å². The van der Waals surface area contributed by atoms with E-state index in [2.05, 4.69) is 5.32 Å². The number of rotatable bonds is 6. The van der Waals surface area contributed by atoms with Crippen LogP contribution >= 0.6 is 0 Å². The van der Waals surface area contributed by atoms with Crippen molar-refractivity contribution in [3.8, 4) is 5.75 Å². The smallest absolute Gasteiger partial charge is 0.371 e. The molecule has 0 aliphatic rings. The first-order chi connectivity index (χ1) is 10.2. The summed E-state index contributed by atoms with van der Waals surface area (Å²) in [5.41, 5.74) is 1.62. The summed E-state index contributed by atoms with van der Waals surface area (Å²) in [6, 6.07) is 16.9. The molecule has 0 spiro atoms. The summed E-state index contributed by atoms with van der Waals surface area (Å²) in [6.45, 7) is 1.86. The van der Waals surface area contributed by atoms with Crippen LogP contribution in [0.5, 0.6) is 5.75 Å². The summed E-state index contributed by atoms with van der Waals surface area (Å²) in [4.78, 5) is 11.1. The number of para-hydroxylation sites is 3. The van der Waals surface area contributed by atoms with E-state index in [0.717, 1.165) is 5.69 Å². The van der Waals surface area contributed by atoms with Crippen LogP contribution in [0, 0.1) is 0 Å². The van der Waals surface area contributed by atoms with Crippen molar-refractivity contribution in [1.82, 2.24) is 0 Å². The molecule has 0 bridgehead atoms. The molecule has 0 aliphatic heterocycles. The molecule has 4 nitrogen and oxygen atoms in total. The molecule has 21 heavy (non-hydrogen) atoms. The van der Waals surface area contributed by atoms with Gasteiger partial charge in [0.05, 0.1) is 5.69 Å². The fraction of sp³-hybridized carbons (Fsp3) is 0.118. The lowest BCUT2D eigenvalue weighted by atomic mass is 10.2. The van der Waals surface area contributed by atoms with E-state index in [1.54, 1.807) is 18.2 Å². The van der Waals surface area contributed by atoms with E-state index >= 15 is 0 Å². The van der Waals surface area contributed by atoms with Gasteiger partial charge in [-0.25, -0.2) is 4.79 Å². The van der Waals surface area contributed by atoms with Crippen LogP contribution in [0.25, 0.3) is 0 Å². The van der Waals surface area contributed by atoms with Gasteiger partial charge in [-0.3, -0.25) is 0 Å². The molecule has 0 amide bonds. The Hall–Kier alpha value is -2.75. The van der Waals surface area contributed by atoms with Gasteiger partial charge in [0.25, 0.3) is 0 Å². The van der Waals surface area contributed by atoms with Crippen LogP contribution in [0.3, 0.4) is 0 Å². The molecule has 2 N–H and O–H groups in total. The van der Waals surface area contributed by atoms with Gasteiger partial charge in [0.2, 0.25) is 5.76 Å². The lowest BCUT2D eigenvalue weighted by Crippen LogP contribution is -2.08. The van der Waals surface area contributed by atoms with Gasteiger partial charge in [-0.05, 0) is 36.8 Å². The van der Waals surface area contributed by atoms with Gasteiger partial charge < -0.3 is 15.2 Å². The van der Waals surface area contributed by atoms with Crippen molar-refractivity contribution in [3.05, 3.63) is 66.4 Å². The molecule has 2 aromatic carbocycles. The first-order valence-electron chi connectivity index (χ1n) is 6.73. The van der Waals surface area contributed by atoms with Crippen LogP contribution in [0.15, 0.2) is 66.4 Å². The van der Waals surface area contributed by atoms with Gasteiger partial charge in [0.15, 0.2) is 5.75 Å². The zero-order valence-electron chi connectivity index (χ0n) is 11.7. The summed E-state index contributed by atoms with van der Waals surface area (Å²) in [6.07, 6.45) is 2.14. The van der Waals surface area contributed by atoms with Gasteiger partial charge in [-0.1, -0.05) is 37.3 Å². The summed E-state index contributed by atoms with van der Waals surface area (Å²) >= 11 is 0. The van der Waals surface area contributed by atoms with Crippen LogP contribution in [-0.4, -0.2) is 11.1 Å². The van der Waals surface area contributed by atoms with Crippen LogP contribution in [0.1, 0.15) is 13.3 Å². The summed E-state index contributed by atoms with van der Waals surface area (Å²) in [5, 5.41) is 12.3. The molecule has 0 fully saturated rings. The highest BCUT2D eigenvalue weighted by Crippen LogP contribution is 2.28. The van der Waals surface area contributed by atoms with Crippen molar-refractivity contribution >= 4 is 17.3 Å². The molecule has 0 unspecified atom stereocenters. The number of aliphatic carboxylic acids is 1. The number of carboxylic acids is 1. The van der Waals surface area contributed by atoms with E-state index in [0.29, 0.717) is 17.9 Å². The lowest BCUT2D eigenvalue weighted by molar-refractivity contribution is -0.135. The van der Waals surface area contributed by atoms with Crippen molar-refractivity contribution in [2.75, 3.05) is 5.32 Å². The molecule has 0 heterocycles. The molecule has 2 aromatic rings. The second-order valence-electron chi connectivity index (χ2n) is 4.37. The van der Waals surface area contributed by atoms with Crippen LogP contribution in [0.4, 0.5) is 11.4 Å². The molecule has 0 saturated carbocycles. The lowest BCUT2D eigenvalue weighted by Gasteiger charge is -2.13. The fourth-order valence-electron chi connectivity index (χ4n) is 1.81. The van der Waals surface area contributed by atoms with Crippen LogP contribution in [-0.2, 0) is 4.79 Å². The molecule has 108 valence electrons. The molecule has 0 aromatic heterocycles. The first kappa shape index (κ1) is 14.7. The zero-order chi connectivity index (χ0) is 15.1. The molecule has 0 radical (unpaired) electrons. The van der Waals surface area contributed by atoms with E-state index in [-0.39, 0.29) is 5.76 Å². The Bertz CT molecular complexity index is 635. The van der Waals surface area contributed by atoms with Gasteiger partial charge in [-0.15, -0.1) is 0 Å². The first-order valence-corrected chi connectivity index (χ1v) is 6.73. The van der Waals surface area contributed by atoms with Gasteiger partial charge in [0, 0.05) is 5.69 Å². The quantitative estimate of drug-likeness (QED) is 0.616. The van der Waals surface area contributed by atoms with Crippen LogP contribution in [0.2, 0.25) is 0 Å². The summed E-state index contributed by atoms with van der Waals surface area (Å²) in [5.74, 6) is -0.672. The number of nitrogens with one attached hydrogen (secondary N) is 1. The molecule has 4 heteroatoms. The van der Waals surface area contributed by atoms with Gasteiger partial charge in [0.1, 0.15) is 0 Å². The second kappa shape index (κ2) is 7.14. The highest BCUT2D eigenvalue weighted by molar-refractivity contribution is 5.85. The normalized spacial score (nSPS) is 11.0. The molecule has 0 aliphatic carbocycles. The van der Waals surface area contributed by atoms with E-state index in [9.17, 15) is 4.79 Å². The topological polar surface area (TPSA) is 58.6 Å². The number of hydrogen-bond acceptors (Lipinski definition) is 3. The predicted octanol–water partition coefficient (Wildman–Crippen LogP) is 4.19. The Labute approximate surface area is 123 Å². The molecule has 0 saturated heterocycles. The summed E-state index contributed by atoms with van der Waals surface area (Å²) in [7, 11) is 0. The Morgan fingerprint density at radius 1 is 1.14 bits per heavy atom. The van der Waals surface area contributed by atoms with Gasteiger partial charge >= 0.3 is 5.97 Å². The third-order valence-corrected chi connectivity index (χ3v) is 2.76. The van der Waals surface area contributed by atoms with Crippen LogP contribution < -0.4 is 10.1 Å². The highest BCUT2D eigenvalue weighted by atomic mass is 16.5. The number of allylic oxidation sites excluding steroid dienone is 1. The van der Waals surface area contributed by atoms with E-state index in [1.807, 2.05) is 49.4 Å². The molecular formula is C17H17NO3. The monoisotopic (exact) mass is 283 g/mol. The summed E-state index contributed by atoms with van der Waals surface area (Å²) < 4.78 is 5.52. The number of carboxylic acid groups (broad SMARTS) is 1. The van der Waals surface area contributed by atoms with Crippen molar-refractivity contribution in [2.45, 2.75) is 13.3 Å². The van der Waals surface area contributed by atoms with Crippen molar-refractivity contribution in [1.29, 1.82) is 0 Å². The SMILES string of the molecule is CCC=C(Oc1ccccc1Nc1ccccc1)C(=O)O. The molecular weight excluding hydrogens is 266 g/mol. The number of hydrogen-bond donors (Lipinski definition) is 2. The fourth-order valence-corrected chi connectivity index (χ4v) is 1.81. The van der Waals surface area contributed by atoms with E-state index < -0.39 is 5.97 Å². The van der Waals surface area contributed by atoms with Crippen molar-refractivity contribution in [2.24, 2.45) is 0 Å². The maximum absolute atomic E-state index is 11.1. The minimum Gasteiger partial charge on any atom is -0.475 e. The number of carbonyl (C=O) groups is 1. The number of benzene rings is 2. The predicted molar refractivity (Wildman–Crippen MR) is 82.8 cm³/mol. The minimum atomic E-state index is -1.08. The highest BCUT2D eigenvalue weighted by Gasteiger charge is 2.12. The minimum absolute atomic E-state index is 0.0696. The maximum atomic E-state index is 11.1. The third-order valence-electron chi connectivity index (χ3n) is 2.76. The Balaban J connectivity index is 2.24. The Kier molecular flexibility index (Phi) is 4.99. The Morgan fingerprint density at radius 3 is 2.48 bits per heavy atom. The average molecular weight is 283 g/mol. The zero-order valence-corrected chi connectivity index (χ0v) is 11.7. The molecule has 0 atom stereocenters. The third kappa shape index (κ3) is 4.11. The standard InChI is InChI=1S/C17H17NO3/c1-2-8-16(17(19)20)21-15-12-7-6-11-14(15)18-13-9-4-3-5-10-13/h3-12,18H,2H2,1H3,(H,19,20). The second-order valence-corrected chi connectivity index (χ2v) is 4.37. The maximum Gasteiger partial charge on any atom is 0.371 e. The van der Waals surface area contributed by atoms with Gasteiger partial charge in [-0.2, -0.15) is 0 Å². The Morgan fingerprint density at radius 2 is 1.81 bits per heavy atom. The largest absolute Gasteiger partial charge is 0.475 e.